The number of amides is 3. The van der Waals surface area contributed by atoms with E-state index in [-0.39, 0.29) is 6.42 Å². The number of nitrogens with one attached hydrogen (secondary N) is 3. The van der Waals surface area contributed by atoms with E-state index >= 15 is 0 Å². The summed E-state index contributed by atoms with van der Waals surface area (Å²) < 4.78 is 0. The molecule has 3 amide bonds. The molecule has 0 radical (unpaired) electrons. The van der Waals surface area contributed by atoms with Crippen molar-refractivity contribution in [3.05, 3.63) is 0 Å². The number of carbonyl (C=O) groups excluding carboxylic acids is 3. The number of carboxylic acid groups (broad SMARTS) is 2. The Kier molecular flexibility index (Phi) is 11.9. The lowest BCUT2D eigenvalue weighted by atomic mass is 10.1. The van der Waals surface area contributed by atoms with Gasteiger partial charge in [-0.3, -0.25) is 19.2 Å². The van der Waals surface area contributed by atoms with E-state index in [9.17, 15) is 29.1 Å². The zero-order valence-electron chi connectivity index (χ0n) is 16.4. The first-order valence-electron chi connectivity index (χ1n) is 8.69. The maximum absolute atomic E-state index is 12.3. The Morgan fingerprint density at radius 2 is 1.55 bits per heavy atom. The van der Waals surface area contributed by atoms with Crippen molar-refractivity contribution >= 4 is 41.4 Å². The van der Waals surface area contributed by atoms with Crippen LogP contribution in [-0.2, 0) is 24.0 Å². The molecule has 0 aromatic heterocycles. The summed E-state index contributed by atoms with van der Waals surface area (Å²) in [6.45, 7) is 2.51. The summed E-state index contributed by atoms with van der Waals surface area (Å²) >= 11 is 1.41. The Labute approximate surface area is 172 Å². The second kappa shape index (κ2) is 13.0. The highest BCUT2D eigenvalue weighted by Gasteiger charge is 2.31. The van der Waals surface area contributed by atoms with E-state index in [1.54, 1.807) is 6.26 Å². The molecule has 0 aliphatic carbocycles. The molecule has 0 aromatic rings. The van der Waals surface area contributed by atoms with Crippen molar-refractivity contribution in [3.8, 4) is 0 Å². The summed E-state index contributed by atoms with van der Waals surface area (Å²) in [5, 5.41) is 34.2. The molecule has 8 N–H and O–H groups in total. The van der Waals surface area contributed by atoms with E-state index in [0.29, 0.717) is 5.75 Å². The molecule has 5 atom stereocenters. The Morgan fingerprint density at radius 3 is 2.00 bits per heavy atom. The monoisotopic (exact) mass is 436 g/mol. The van der Waals surface area contributed by atoms with Crippen molar-refractivity contribution in [2.45, 2.75) is 57.0 Å². The number of aliphatic carboxylic acids is 2. The summed E-state index contributed by atoms with van der Waals surface area (Å²) in [6, 6.07) is -5.22. The highest BCUT2D eigenvalue weighted by atomic mass is 32.2. The third kappa shape index (κ3) is 10.1. The minimum atomic E-state index is -1.50. The number of rotatable bonds is 13. The molecular weight excluding hydrogens is 408 g/mol. The number of hydrogen-bond donors (Lipinski definition) is 7. The van der Waals surface area contributed by atoms with Gasteiger partial charge in [0.05, 0.1) is 18.6 Å². The lowest BCUT2D eigenvalue weighted by molar-refractivity contribution is -0.142. The van der Waals surface area contributed by atoms with Gasteiger partial charge in [0.1, 0.15) is 18.1 Å². The first-order valence-corrected chi connectivity index (χ1v) is 10.1. The van der Waals surface area contributed by atoms with Gasteiger partial charge in [0, 0.05) is 0 Å². The zero-order valence-corrected chi connectivity index (χ0v) is 17.2. The molecule has 0 rings (SSSR count). The van der Waals surface area contributed by atoms with Gasteiger partial charge in [-0.05, 0) is 32.3 Å². The first-order chi connectivity index (χ1) is 13.4. The van der Waals surface area contributed by atoms with E-state index in [1.807, 2.05) is 0 Å². The fraction of sp³-hybridized carbons (Fsp3) is 0.688. The molecule has 29 heavy (non-hydrogen) atoms. The number of carboxylic acids is 2. The minimum Gasteiger partial charge on any atom is -0.481 e. The largest absolute Gasteiger partial charge is 0.481 e. The summed E-state index contributed by atoms with van der Waals surface area (Å²) in [5.74, 6) is -4.67. The van der Waals surface area contributed by atoms with E-state index in [0.717, 1.165) is 0 Å². The lowest BCUT2D eigenvalue weighted by Gasteiger charge is -2.24. The lowest BCUT2D eigenvalue weighted by Crippen LogP contribution is -2.59. The Hall–Kier alpha value is -2.38. The van der Waals surface area contributed by atoms with Crippen molar-refractivity contribution in [1.29, 1.82) is 0 Å². The first kappa shape index (κ1) is 26.6. The van der Waals surface area contributed by atoms with Crippen LogP contribution in [0.1, 0.15) is 26.7 Å². The average Bonchev–Trinajstić information content (AvgIpc) is 2.61. The van der Waals surface area contributed by atoms with Crippen molar-refractivity contribution < 1.29 is 39.3 Å². The minimum absolute atomic E-state index is 0.191. The van der Waals surface area contributed by atoms with Crippen LogP contribution in [0.25, 0.3) is 0 Å². The van der Waals surface area contributed by atoms with Crippen LogP contribution < -0.4 is 21.7 Å². The van der Waals surface area contributed by atoms with E-state index < -0.39 is 66.4 Å². The number of nitrogens with two attached hydrogens (primary N) is 1. The van der Waals surface area contributed by atoms with Gasteiger partial charge in [-0.15, -0.1) is 0 Å². The summed E-state index contributed by atoms with van der Waals surface area (Å²) in [6.07, 6.45) is -0.0712. The Balaban J connectivity index is 4.95. The Bertz CT molecular complexity index is 616. The molecule has 13 heteroatoms. The smallest absolute Gasteiger partial charge is 0.326 e. The van der Waals surface area contributed by atoms with E-state index in [4.69, 9.17) is 15.9 Å². The fourth-order valence-electron chi connectivity index (χ4n) is 2.10. The van der Waals surface area contributed by atoms with Gasteiger partial charge < -0.3 is 37.0 Å². The Morgan fingerprint density at radius 1 is 0.966 bits per heavy atom. The van der Waals surface area contributed by atoms with Crippen molar-refractivity contribution in [1.82, 2.24) is 16.0 Å². The third-order valence-corrected chi connectivity index (χ3v) is 4.42. The van der Waals surface area contributed by atoms with Crippen LogP contribution in [0.4, 0.5) is 0 Å². The average molecular weight is 436 g/mol. The molecule has 0 spiro atoms. The van der Waals surface area contributed by atoms with Crippen LogP contribution in [0.5, 0.6) is 0 Å². The quantitative estimate of drug-likeness (QED) is 0.161. The van der Waals surface area contributed by atoms with Gasteiger partial charge >= 0.3 is 11.9 Å². The molecule has 0 aromatic carbocycles. The molecule has 0 saturated carbocycles. The van der Waals surface area contributed by atoms with Gasteiger partial charge in [0.25, 0.3) is 0 Å². The number of carbonyl (C=O) groups is 5. The predicted octanol–water partition coefficient (Wildman–Crippen LogP) is -2.52. The van der Waals surface area contributed by atoms with Crippen LogP contribution in [0, 0.1) is 0 Å². The summed E-state index contributed by atoms with van der Waals surface area (Å²) in [4.78, 5) is 58.2. The molecule has 0 saturated heterocycles. The molecule has 0 heterocycles. The highest BCUT2D eigenvalue weighted by Crippen LogP contribution is 2.02. The van der Waals surface area contributed by atoms with Crippen LogP contribution in [0.2, 0.25) is 0 Å². The second-order valence-electron chi connectivity index (χ2n) is 6.34. The number of aliphatic hydroxyl groups excluding tert-OH is 1. The maximum atomic E-state index is 12.3. The zero-order chi connectivity index (χ0) is 22.7. The SMILES string of the molecule is CSCCC(NC(=O)C(C)NC(=O)C(NC(=O)C(N)CC(=O)O)C(C)O)C(=O)O. The summed E-state index contributed by atoms with van der Waals surface area (Å²) in [7, 11) is 0. The number of thioether (sulfide) groups is 1. The summed E-state index contributed by atoms with van der Waals surface area (Å²) in [5.41, 5.74) is 5.41. The molecular formula is C16H28N4O8S. The van der Waals surface area contributed by atoms with Crippen LogP contribution in [0.3, 0.4) is 0 Å². The van der Waals surface area contributed by atoms with Gasteiger partial charge in [0.2, 0.25) is 17.7 Å². The topological polar surface area (TPSA) is 208 Å². The maximum Gasteiger partial charge on any atom is 0.326 e. The highest BCUT2D eigenvalue weighted by molar-refractivity contribution is 7.98. The van der Waals surface area contributed by atoms with Crippen LogP contribution in [-0.4, -0.2) is 87.3 Å². The van der Waals surface area contributed by atoms with Gasteiger partial charge in [-0.25, -0.2) is 4.79 Å². The molecule has 0 fully saturated rings. The van der Waals surface area contributed by atoms with E-state index in [2.05, 4.69) is 16.0 Å². The van der Waals surface area contributed by atoms with Gasteiger partial charge in [-0.1, -0.05) is 0 Å². The van der Waals surface area contributed by atoms with Crippen molar-refractivity contribution in [3.63, 3.8) is 0 Å². The van der Waals surface area contributed by atoms with Gasteiger partial charge in [0.15, 0.2) is 0 Å². The molecule has 0 aliphatic rings. The van der Waals surface area contributed by atoms with Crippen molar-refractivity contribution in [2.24, 2.45) is 5.73 Å². The normalized spacial score (nSPS) is 15.9. The van der Waals surface area contributed by atoms with Crippen LogP contribution >= 0.6 is 11.8 Å². The molecule has 12 nitrogen and oxygen atoms in total. The van der Waals surface area contributed by atoms with Crippen LogP contribution in [0.15, 0.2) is 0 Å². The van der Waals surface area contributed by atoms with Crippen molar-refractivity contribution in [2.75, 3.05) is 12.0 Å². The second-order valence-corrected chi connectivity index (χ2v) is 7.33. The number of hydrogen-bond acceptors (Lipinski definition) is 8. The number of aliphatic hydroxyl groups is 1. The predicted molar refractivity (Wildman–Crippen MR) is 104 cm³/mol. The van der Waals surface area contributed by atoms with E-state index in [1.165, 1.54) is 25.6 Å². The standard InChI is InChI=1S/C16H28N4O8S/c1-7(13(24)19-10(16(27)28)4-5-29-3)18-15(26)12(8(2)21)20-14(25)9(17)6-11(22)23/h7-10,12,21H,4-6,17H2,1-3H3,(H,18,26)(H,19,24)(H,20,25)(H,22,23)(H,27,28). The molecule has 166 valence electrons. The molecule has 0 aliphatic heterocycles. The van der Waals surface area contributed by atoms with Gasteiger partial charge in [-0.2, -0.15) is 11.8 Å². The molecule has 5 unspecified atom stereocenters. The molecule has 0 bridgehead atoms. The third-order valence-electron chi connectivity index (χ3n) is 3.77. The fourth-order valence-corrected chi connectivity index (χ4v) is 2.58.